The summed E-state index contributed by atoms with van der Waals surface area (Å²) < 4.78 is 19.7. The molecule has 0 radical (unpaired) electrons. The summed E-state index contributed by atoms with van der Waals surface area (Å²) in [5.41, 5.74) is 6.27. The number of pyridine rings is 1. The van der Waals surface area contributed by atoms with Crippen LogP contribution in [0.3, 0.4) is 0 Å². The SMILES string of the molecule is COc1cc(NCCNCCc2ccc(C3CCC(=O)NC3=O)cn2)c(C)cc1Nc1ncc(Br)c(Nc2ccc3nccnc3c2P(C)(C)=O)n1. The smallest absolute Gasteiger partial charge is 0.234 e. The lowest BCUT2D eigenvalue weighted by atomic mass is 9.91. The molecule has 52 heavy (non-hydrogen) atoms. The molecule has 5 N–H and O–H groups in total. The van der Waals surface area contributed by atoms with E-state index in [9.17, 15) is 14.2 Å². The molecule has 1 unspecified atom stereocenters. The van der Waals surface area contributed by atoms with E-state index in [4.69, 9.17) is 9.72 Å². The number of nitrogens with zero attached hydrogens (tertiary/aromatic N) is 5. The fourth-order valence-electron chi connectivity index (χ4n) is 6.00. The first-order valence-corrected chi connectivity index (χ1v) is 20.2. The van der Waals surface area contributed by atoms with Crippen molar-refractivity contribution in [2.24, 2.45) is 0 Å². The van der Waals surface area contributed by atoms with Crippen molar-refractivity contribution in [3.63, 3.8) is 0 Å². The molecule has 0 aliphatic carbocycles. The standard InChI is InChI=1S/C36H40BrN10O4P/c1-21-17-29(45-36-43-20-25(37)34(47-36)44-27-9-8-26-32(41-16-15-39-26)33(27)52(3,4)50)30(51-2)18-28(21)40-14-13-38-12-11-23-6-5-22(19-42-23)24-7-10-31(48)46-35(24)49/h5-6,8-9,15-20,24,38,40H,7,10-14H2,1-4H3,(H,46,48,49)(H2,43,44,45,47). The van der Waals surface area contributed by atoms with Crippen molar-refractivity contribution in [1.82, 2.24) is 35.6 Å². The molecule has 6 rings (SSSR count). The van der Waals surface area contributed by atoms with Crippen LogP contribution >= 0.6 is 23.1 Å². The number of ether oxygens (including phenoxy) is 1. The molecule has 1 aliphatic heterocycles. The van der Waals surface area contributed by atoms with E-state index in [2.05, 4.69) is 62.4 Å². The van der Waals surface area contributed by atoms with Crippen molar-refractivity contribution in [2.45, 2.75) is 32.1 Å². The number of piperidine rings is 1. The van der Waals surface area contributed by atoms with Crippen molar-refractivity contribution in [2.75, 3.05) is 56.0 Å². The molecule has 1 fully saturated rings. The van der Waals surface area contributed by atoms with Gasteiger partial charge in [0.2, 0.25) is 17.8 Å². The third-order valence-corrected chi connectivity index (χ3v) is 10.7. The number of benzene rings is 2. The summed E-state index contributed by atoms with van der Waals surface area (Å²) in [4.78, 5) is 46.1. The lowest BCUT2D eigenvalue weighted by Gasteiger charge is -2.20. The van der Waals surface area contributed by atoms with Gasteiger partial charge in [-0.25, -0.2) is 4.98 Å². The second-order valence-corrected chi connectivity index (χ2v) is 16.8. The van der Waals surface area contributed by atoms with Gasteiger partial charge in [0.1, 0.15) is 24.2 Å². The summed E-state index contributed by atoms with van der Waals surface area (Å²) in [7, 11) is -1.15. The Morgan fingerprint density at radius 1 is 0.942 bits per heavy atom. The van der Waals surface area contributed by atoms with Crippen LogP contribution in [0.1, 0.15) is 35.6 Å². The third-order valence-electron chi connectivity index (χ3n) is 8.61. The molecule has 14 nitrogen and oxygen atoms in total. The maximum atomic E-state index is 13.4. The number of halogens is 1. The number of carbonyl (C=O) groups excluding carboxylic acids is 2. The Morgan fingerprint density at radius 3 is 2.52 bits per heavy atom. The number of anilines is 5. The number of aromatic nitrogens is 5. The lowest BCUT2D eigenvalue weighted by Crippen LogP contribution is -2.39. The Hall–Kier alpha value is -4.98. The summed E-state index contributed by atoms with van der Waals surface area (Å²) in [5, 5.41) is 16.5. The molecule has 1 saturated heterocycles. The first-order valence-electron chi connectivity index (χ1n) is 16.8. The van der Waals surface area contributed by atoms with Crippen molar-refractivity contribution in [1.29, 1.82) is 0 Å². The van der Waals surface area contributed by atoms with Crippen molar-refractivity contribution in [3.8, 4) is 5.75 Å². The molecule has 2 amide bonds. The highest BCUT2D eigenvalue weighted by Gasteiger charge is 2.28. The number of fused-ring (bicyclic) bond motifs is 1. The largest absolute Gasteiger partial charge is 0.494 e. The number of aryl methyl sites for hydroxylation is 1. The van der Waals surface area contributed by atoms with Gasteiger partial charge in [0.05, 0.1) is 39.7 Å². The Bertz CT molecular complexity index is 2160. The predicted octanol–water partition coefficient (Wildman–Crippen LogP) is 5.39. The number of rotatable bonds is 14. The maximum Gasteiger partial charge on any atom is 0.234 e. The van der Waals surface area contributed by atoms with Crippen LogP contribution in [-0.4, -0.2) is 76.8 Å². The van der Waals surface area contributed by atoms with Gasteiger partial charge < -0.3 is 30.6 Å². The Balaban J connectivity index is 1.04. The molecule has 0 bridgehead atoms. The maximum absolute atomic E-state index is 13.4. The quantitative estimate of drug-likeness (QED) is 0.0549. The molecule has 5 aromatic rings. The molecule has 1 aliphatic rings. The van der Waals surface area contributed by atoms with Crippen LogP contribution in [0, 0.1) is 6.92 Å². The molecule has 4 heterocycles. The van der Waals surface area contributed by atoms with Crippen LogP contribution < -0.4 is 36.6 Å². The van der Waals surface area contributed by atoms with E-state index in [0.717, 1.165) is 42.0 Å². The second-order valence-electron chi connectivity index (χ2n) is 12.8. The zero-order chi connectivity index (χ0) is 36.8. The number of methoxy groups -OCH3 is 1. The van der Waals surface area contributed by atoms with Crippen LogP contribution in [0.2, 0.25) is 0 Å². The van der Waals surface area contributed by atoms with Crippen LogP contribution in [0.15, 0.2) is 65.7 Å². The van der Waals surface area contributed by atoms with Gasteiger partial charge in [-0.15, -0.1) is 0 Å². The van der Waals surface area contributed by atoms with E-state index in [-0.39, 0.29) is 17.7 Å². The molecular weight excluding hydrogens is 747 g/mol. The minimum atomic E-state index is -2.76. The van der Waals surface area contributed by atoms with Crippen LogP contribution in [0.5, 0.6) is 5.75 Å². The molecular formula is C36H40BrN10O4P. The van der Waals surface area contributed by atoms with Crippen molar-refractivity contribution >= 4 is 80.1 Å². The van der Waals surface area contributed by atoms with Gasteiger partial charge in [-0.3, -0.25) is 29.9 Å². The van der Waals surface area contributed by atoms with Crippen molar-refractivity contribution in [3.05, 3.63) is 82.5 Å². The summed E-state index contributed by atoms with van der Waals surface area (Å²) in [5.74, 6) is 0.634. The van der Waals surface area contributed by atoms with E-state index < -0.39 is 7.14 Å². The van der Waals surface area contributed by atoms with E-state index >= 15 is 0 Å². The number of hydrogen-bond donors (Lipinski definition) is 5. The van der Waals surface area contributed by atoms with Crippen LogP contribution in [0.4, 0.5) is 28.8 Å². The van der Waals surface area contributed by atoms with E-state index in [1.54, 1.807) is 45.2 Å². The van der Waals surface area contributed by atoms with Gasteiger partial charge in [0.25, 0.3) is 0 Å². The second kappa shape index (κ2) is 16.1. The minimum absolute atomic E-state index is 0.220. The summed E-state index contributed by atoms with van der Waals surface area (Å²) in [6.45, 7) is 7.59. The monoisotopic (exact) mass is 786 g/mol. The normalized spacial score (nSPS) is 14.6. The van der Waals surface area contributed by atoms with Gasteiger partial charge in [-0.05, 0) is 78.0 Å². The average Bonchev–Trinajstić information content (AvgIpc) is 3.11. The zero-order valence-corrected chi connectivity index (χ0v) is 31.8. The molecule has 1 atom stereocenters. The topological polar surface area (TPSA) is 185 Å². The summed E-state index contributed by atoms with van der Waals surface area (Å²) >= 11 is 3.54. The zero-order valence-electron chi connectivity index (χ0n) is 29.3. The van der Waals surface area contributed by atoms with Gasteiger partial charge in [0.15, 0.2) is 0 Å². The molecule has 3 aromatic heterocycles. The predicted molar refractivity (Wildman–Crippen MR) is 207 cm³/mol. The lowest BCUT2D eigenvalue weighted by molar-refractivity contribution is -0.134. The number of imide groups is 1. The Kier molecular flexibility index (Phi) is 11.4. The first kappa shape index (κ1) is 36.8. The van der Waals surface area contributed by atoms with Crippen LogP contribution in [-0.2, 0) is 20.6 Å². The third kappa shape index (κ3) is 8.72. The fraction of sp³-hybridized carbons (Fsp3) is 0.306. The Labute approximate surface area is 309 Å². The number of carbonyl (C=O) groups is 2. The molecule has 270 valence electrons. The van der Waals surface area contributed by atoms with Gasteiger partial charge in [-0.1, -0.05) is 6.07 Å². The Morgan fingerprint density at radius 2 is 1.77 bits per heavy atom. The molecule has 2 aromatic carbocycles. The van der Waals surface area contributed by atoms with E-state index in [0.29, 0.717) is 69.1 Å². The fourth-order valence-corrected chi connectivity index (χ4v) is 7.69. The first-order chi connectivity index (χ1) is 25.0. The number of amides is 2. The van der Waals surface area contributed by atoms with Gasteiger partial charge in [0, 0.05) is 74.7 Å². The average molecular weight is 788 g/mol. The van der Waals surface area contributed by atoms with Crippen molar-refractivity contribution < 1.29 is 18.9 Å². The summed E-state index contributed by atoms with van der Waals surface area (Å²) in [6.07, 6.45) is 8.19. The highest BCUT2D eigenvalue weighted by molar-refractivity contribution is 9.10. The highest BCUT2D eigenvalue weighted by atomic mass is 79.9. The van der Waals surface area contributed by atoms with E-state index in [1.165, 1.54) is 0 Å². The highest BCUT2D eigenvalue weighted by Crippen LogP contribution is 2.41. The number of nitrogens with one attached hydrogen (secondary N) is 5. The molecule has 0 spiro atoms. The molecule has 16 heteroatoms. The van der Waals surface area contributed by atoms with Crippen LogP contribution in [0.25, 0.3) is 11.0 Å². The minimum Gasteiger partial charge on any atom is -0.494 e. The van der Waals surface area contributed by atoms with Gasteiger partial charge in [-0.2, -0.15) is 4.98 Å². The summed E-state index contributed by atoms with van der Waals surface area (Å²) in [6, 6.07) is 11.4. The van der Waals surface area contributed by atoms with E-state index in [1.807, 2.05) is 43.3 Å². The van der Waals surface area contributed by atoms with Gasteiger partial charge >= 0.3 is 0 Å². The molecule has 0 saturated carbocycles. The number of hydrogen-bond acceptors (Lipinski definition) is 13.